The lowest BCUT2D eigenvalue weighted by molar-refractivity contribution is -0.125. The molecule has 1 aromatic heterocycles. The van der Waals surface area contributed by atoms with E-state index in [1.54, 1.807) is 23.1 Å². The predicted octanol–water partition coefficient (Wildman–Crippen LogP) is 4.93. The van der Waals surface area contributed by atoms with Crippen LogP contribution < -0.4 is 5.32 Å². The molecule has 0 saturated carbocycles. The highest BCUT2D eigenvalue weighted by atomic mass is 32.2. The SMILES string of the molecule is C[C@]12CCC(=O)N[C@@H]1CCc1cc(Sc3nc4ccccc4s3)ccc12. The van der Waals surface area contributed by atoms with E-state index in [4.69, 9.17) is 4.98 Å². The van der Waals surface area contributed by atoms with Crippen LogP contribution in [0.25, 0.3) is 10.2 Å². The number of para-hydroxylation sites is 1. The minimum absolute atomic E-state index is 0.0700. The van der Waals surface area contributed by atoms with E-state index in [2.05, 4.69) is 48.6 Å². The first-order valence-electron chi connectivity index (χ1n) is 9.08. The fourth-order valence-electron chi connectivity index (χ4n) is 4.38. The molecule has 2 atom stereocenters. The van der Waals surface area contributed by atoms with Crippen molar-refractivity contribution in [3.8, 4) is 0 Å². The molecule has 0 spiro atoms. The number of hydrogen-bond acceptors (Lipinski definition) is 4. The third-order valence-corrected chi connectivity index (χ3v) is 7.94. The molecule has 3 aromatic rings. The smallest absolute Gasteiger partial charge is 0.220 e. The molecule has 5 heteroatoms. The largest absolute Gasteiger partial charge is 0.352 e. The molecule has 0 unspecified atom stereocenters. The van der Waals surface area contributed by atoms with E-state index in [9.17, 15) is 4.79 Å². The first-order valence-corrected chi connectivity index (χ1v) is 10.7. The van der Waals surface area contributed by atoms with Crippen molar-refractivity contribution in [1.29, 1.82) is 0 Å². The van der Waals surface area contributed by atoms with E-state index in [-0.39, 0.29) is 17.4 Å². The van der Waals surface area contributed by atoms with Gasteiger partial charge in [-0.25, -0.2) is 4.98 Å². The minimum atomic E-state index is 0.0700. The highest BCUT2D eigenvalue weighted by Crippen LogP contribution is 2.44. The maximum atomic E-state index is 11.8. The second-order valence-electron chi connectivity index (χ2n) is 7.44. The normalized spacial score (nSPS) is 24.8. The van der Waals surface area contributed by atoms with Crippen LogP contribution in [0.4, 0.5) is 0 Å². The molecule has 1 saturated heterocycles. The summed E-state index contributed by atoms with van der Waals surface area (Å²) in [6.07, 6.45) is 3.64. The van der Waals surface area contributed by atoms with E-state index >= 15 is 0 Å². The maximum absolute atomic E-state index is 11.8. The number of piperidine rings is 1. The number of nitrogens with zero attached hydrogens (tertiary/aromatic N) is 1. The van der Waals surface area contributed by atoms with Gasteiger partial charge in [-0.1, -0.05) is 36.9 Å². The van der Waals surface area contributed by atoms with Crippen LogP contribution in [0.3, 0.4) is 0 Å². The van der Waals surface area contributed by atoms with Gasteiger partial charge < -0.3 is 5.32 Å². The Balaban J connectivity index is 1.45. The standard InChI is InChI=1S/C21H20N2OS2/c1-21-11-10-19(24)23-18(21)9-6-13-12-14(7-8-15(13)21)25-20-22-16-4-2-3-5-17(16)26-20/h2-5,7-8,12,18H,6,9-11H2,1H3,(H,23,24)/t18-,21-/m1/s1. The number of nitrogens with one attached hydrogen (secondary N) is 1. The zero-order valence-electron chi connectivity index (χ0n) is 14.6. The van der Waals surface area contributed by atoms with Crippen molar-refractivity contribution >= 4 is 39.2 Å². The number of hydrogen-bond donors (Lipinski definition) is 1. The quantitative estimate of drug-likeness (QED) is 0.685. The first kappa shape index (κ1) is 16.3. The van der Waals surface area contributed by atoms with Crippen LogP contribution in [0.2, 0.25) is 0 Å². The Bertz CT molecular complexity index is 979. The molecule has 1 fully saturated rings. The molecule has 0 radical (unpaired) electrons. The number of amides is 1. The van der Waals surface area contributed by atoms with Gasteiger partial charge in [0.1, 0.15) is 0 Å². The van der Waals surface area contributed by atoms with Gasteiger partial charge in [-0.05, 0) is 54.7 Å². The lowest BCUT2D eigenvalue weighted by atomic mass is 9.64. The molecule has 26 heavy (non-hydrogen) atoms. The zero-order valence-corrected chi connectivity index (χ0v) is 16.3. The summed E-state index contributed by atoms with van der Waals surface area (Å²) in [5.74, 6) is 0.207. The van der Waals surface area contributed by atoms with Crippen molar-refractivity contribution in [2.45, 2.75) is 53.3 Å². The molecule has 1 amide bonds. The van der Waals surface area contributed by atoms with E-state index in [1.807, 2.05) is 6.07 Å². The van der Waals surface area contributed by atoms with Crippen LogP contribution in [0.15, 0.2) is 51.7 Å². The van der Waals surface area contributed by atoms with Gasteiger partial charge in [-0.2, -0.15) is 0 Å². The van der Waals surface area contributed by atoms with Gasteiger partial charge in [0.05, 0.1) is 10.2 Å². The topological polar surface area (TPSA) is 42.0 Å². The van der Waals surface area contributed by atoms with Crippen LogP contribution in [-0.4, -0.2) is 16.9 Å². The Labute approximate surface area is 161 Å². The number of aromatic nitrogens is 1. The Hall–Kier alpha value is -1.85. The number of benzene rings is 2. The number of rotatable bonds is 2. The second kappa shape index (κ2) is 6.10. The fraction of sp³-hybridized carbons (Fsp3) is 0.333. The van der Waals surface area contributed by atoms with Gasteiger partial charge in [0.2, 0.25) is 5.91 Å². The second-order valence-corrected chi connectivity index (χ2v) is 9.80. The van der Waals surface area contributed by atoms with Gasteiger partial charge in [-0.3, -0.25) is 4.79 Å². The molecule has 3 nitrogen and oxygen atoms in total. The van der Waals surface area contributed by atoms with Gasteiger partial charge in [0.15, 0.2) is 4.34 Å². The van der Waals surface area contributed by atoms with E-state index in [0.29, 0.717) is 6.42 Å². The van der Waals surface area contributed by atoms with E-state index < -0.39 is 0 Å². The van der Waals surface area contributed by atoms with Crippen LogP contribution in [0, 0.1) is 0 Å². The third-order valence-electron chi connectivity index (χ3n) is 5.85. The monoisotopic (exact) mass is 380 g/mol. The molecule has 1 aliphatic heterocycles. The minimum Gasteiger partial charge on any atom is -0.352 e. The summed E-state index contributed by atoms with van der Waals surface area (Å²) < 4.78 is 2.33. The molecular formula is C21H20N2OS2. The van der Waals surface area contributed by atoms with Crippen molar-refractivity contribution in [1.82, 2.24) is 10.3 Å². The summed E-state index contributed by atoms with van der Waals surface area (Å²) in [6, 6.07) is 15.4. The average Bonchev–Trinajstić information content (AvgIpc) is 3.04. The van der Waals surface area contributed by atoms with E-state index in [0.717, 1.165) is 29.1 Å². The van der Waals surface area contributed by atoms with Crippen molar-refractivity contribution in [2.24, 2.45) is 0 Å². The van der Waals surface area contributed by atoms with Crippen molar-refractivity contribution in [3.63, 3.8) is 0 Å². The molecule has 2 aliphatic rings. The van der Waals surface area contributed by atoms with Gasteiger partial charge >= 0.3 is 0 Å². The summed E-state index contributed by atoms with van der Waals surface area (Å²) in [7, 11) is 0. The van der Waals surface area contributed by atoms with Crippen molar-refractivity contribution < 1.29 is 4.79 Å². The molecule has 2 heterocycles. The van der Waals surface area contributed by atoms with Crippen LogP contribution in [-0.2, 0) is 16.6 Å². The van der Waals surface area contributed by atoms with Crippen LogP contribution in [0.5, 0.6) is 0 Å². The summed E-state index contributed by atoms with van der Waals surface area (Å²) in [5, 5.41) is 3.22. The number of fused-ring (bicyclic) bond motifs is 4. The van der Waals surface area contributed by atoms with E-state index in [1.165, 1.54) is 20.7 Å². The molecule has 1 aliphatic carbocycles. The molecule has 1 N–H and O–H groups in total. The first-order chi connectivity index (χ1) is 12.6. The number of thiazole rings is 1. The lowest BCUT2D eigenvalue weighted by Crippen LogP contribution is -2.55. The van der Waals surface area contributed by atoms with Crippen molar-refractivity contribution in [3.05, 3.63) is 53.6 Å². The highest BCUT2D eigenvalue weighted by molar-refractivity contribution is 8.01. The highest BCUT2D eigenvalue weighted by Gasteiger charge is 2.43. The fourth-order valence-corrected chi connectivity index (χ4v) is 6.48. The molecule has 0 bridgehead atoms. The zero-order chi connectivity index (χ0) is 17.7. The number of aryl methyl sites for hydroxylation is 1. The molecule has 2 aromatic carbocycles. The van der Waals surface area contributed by atoms with Crippen LogP contribution >= 0.6 is 23.1 Å². The molecular weight excluding hydrogens is 360 g/mol. The molecule has 132 valence electrons. The summed E-state index contributed by atoms with van der Waals surface area (Å²) in [4.78, 5) is 17.8. The summed E-state index contributed by atoms with van der Waals surface area (Å²) >= 11 is 3.50. The Kier molecular flexibility index (Phi) is 3.83. The third kappa shape index (κ3) is 2.65. The number of carbonyl (C=O) groups is 1. The van der Waals surface area contributed by atoms with Gasteiger partial charge in [-0.15, -0.1) is 11.3 Å². The van der Waals surface area contributed by atoms with Crippen LogP contribution in [0.1, 0.15) is 37.3 Å². The predicted molar refractivity (Wildman–Crippen MR) is 107 cm³/mol. The maximum Gasteiger partial charge on any atom is 0.220 e. The number of carbonyl (C=O) groups excluding carboxylic acids is 1. The van der Waals surface area contributed by atoms with Crippen molar-refractivity contribution in [2.75, 3.05) is 0 Å². The summed E-state index contributed by atoms with van der Waals surface area (Å²) in [6.45, 7) is 2.31. The Morgan fingerprint density at radius 3 is 3.00 bits per heavy atom. The van der Waals surface area contributed by atoms with Gasteiger partial charge in [0, 0.05) is 22.8 Å². The summed E-state index contributed by atoms with van der Waals surface area (Å²) in [5.41, 5.74) is 4.00. The lowest BCUT2D eigenvalue weighted by Gasteiger charge is -2.46. The Morgan fingerprint density at radius 2 is 2.12 bits per heavy atom. The molecule has 5 rings (SSSR count). The average molecular weight is 381 g/mol. The Morgan fingerprint density at radius 1 is 1.23 bits per heavy atom. The van der Waals surface area contributed by atoms with Gasteiger partial charge in [0.25, 0.3) is 0 Å².